The molecule has 1 atom stereocenters. The lowest BCUT2D eigenvalue weighted by Gasteiger charge is -2.46. The van der Waals surface area contributed by atoms with E-state index in [-0.39, 0.29) is 11.5 Å². The molecule has 1 unspecified atom stereocenters. The van der Waals surface area contributed by atoms with Gasteiger partial charge in [0.1, 0.15) is 5.75 Å². The topological polar surface area (TPSA) is 64.8 Å². The molecule has 2 heterocycles. The monoisotopic (exact) mass is 388 g/mol. The molecule has 1 aromatic rings. The summed E-state index contributed by atoms with van der Waals surface area (Å²) >= 11 is 0. The number of hydrogen-bond donors (Lipinski definition) is 1. The van der Waals surface area contributed by atoms with Crippen molar-refractivity contribution in [1.82, 2.24) is 4.90 Å². The van der Waals surface area contributed by atoms with E-state index < -0.39 is 5.41 Å². The summed E-state index contributed by atoms with van der Waals surface area (Å²) in [6.45, 7) is 9.10. The molecule has 0 aromatic heterocycles. The molecule has 5 heteroatoms. The zero-order valence-corrected chi connectivity index (χ0v) is 17.5. The summed E-state index contributed by atoms with van der Waals surface area (Å²) in [5.41, 5.74) is 6.00. The summed E-state index contributed by atoms with van der Waals surface area (Å²) in [4.78, 5) is 15.1. The Hall–Kier alpha value is -1.59. The first-order valence-corrected chi connectivity index (χ1v) is 10.9. The van der Waals surface area contributed by atoms with Crippen LogP contribution in [0.5, 0.6) is 5.75 Å². The summed E-state index contributed by atoms with van der Waals surface area (Å²) in [7, 11) is 0. The van der Waals surface area contributed by atoms with Gasteiger partial charge in [-0.25, -0.2) is 0 Å². The highest BCUT2D eigenvalue weighted by Gasteiger charge is 2.48. The van der Waals surface area contributed by atoms with Crippen LogP contribution in [0.25, 0.3) is 0 Å². The van der Waals surface area contributed by atoms with Gasteiger partial charge in [0.25, 0.3) is 0 Å². The maximum absolute atomic E-state index is 12.5. The SMILES string of the molecule is CCC1(CC)CC(C(N)=O)(c2ccc(OCCCN3CCCC3)cc2)CCO1. The average molecular weight is 389 g/mol. The van der Waals surface area contributed by atoms with Crippen LogP contribution in [0.3, 0.4) is 0 Å². The summed E-state index contributed by atoms with van der Waals surface area (Å²) in [6.07, 6.45) is 6.75. The number of nitrogens with zero attached hydrogens (tertiary/aromatic N) is 1. The van der Waals surface area contributed by atoms with E-state index in [2.05, 4.69) is 18.7 Å². The molecular weight excluding hydrogens is 352 g/mol. The maximum atomic E-state index is 12.5. The predicted octanol–water partition coefficient (Wildman–Crippen LogP) is 3.64. The van der Waals surface area contributed by atoms with Crippen LogP contribution in [0.2, 0.25) is 0 Å². The lowest BCUT2D eigenvalue weighted by atomic mass is 9.66. The Labute approximate surface area is 169 Å². The van der Waals surface area contributed by atoms with Crippen molar-refractivity contribution in [2.75, 3.05) is 32.8 Å². The van der Waals surface area contributed by atoms with Crippen LogP contribution in [0, 0.1) is 0 Å². The fourth-order valence-electron chi connectivity index (χ4n) is 4.79. The van der Waals surface area contributed by atoms with Gasteiger partial charge < -0.3 is 20.1 Å². The van der Waals surface area contributed by atoms with E-state index in [4.69, 9.17) is 15.2 Å². The Morgan fingerprint density at radius 3 is 2.46 bits per heavy atom. The molecule has 2 N–H and O–H groups in total. The minimum atomic E-state index is -0.654. The smallest absolute Gasteiger partial charge is 0.228 e. The van der Waals surface area contributed by atoms with Gasteiger partial charge in [0.05, 0.1) is 17.6 Å². The number of rotatable bonds is 9. The molecule has 28 heavy (non-hydrogen) atoms. The second-order valence-corrected chi connectivity index (χ2v) is 8.39. The largest absolute Gasteiger partial charge is 0.494 e. The Morgan fingerprint density at radius 2 is 1.86 bits per heavy atom. The minimum Gasteiger partial charge on any atom is -0.494 e. The third kappa shape index (κ3) is 4.52. The molecule has 0 bridgehead atoms. The van der Waals surface area contributed by atoms with Gasteiger partial charge >= 0.3 is 0 Å². The zero-order valence-electron chi connectivity index (χ0n) is 17.5. The van der Waals surface area contributed by atoms with Gasteiger partial charge in [0, 0.05) is 13.2 Å². The van der Waals surface area contributed by atoms with Crippen LogP contribution in [0.1, 0.15) is 64.4 Å². The molecule has 5 nitrogen and oxygen atoms in total. The van der Waals surface area contributed by atoms with Gasteiger partial charge in [-0.3, -0.25) is 4.79 Å². The van der Waals surface area contributed by atoms with Gasteiger partial charge in [0.15, 0.2) is 0 Å². The molecule has 0 aliphatic carbocycles. The molecule has 0 spiro atoms. The number of likely N-dealkylation sites (tertiary alicyclic amines) is 1. The molecule has 2 saturated heterocycles. The highest BCUT2D eigenvalue weighted by molar-refractivity contribution is 5.87. The molecule has 1 aromatic carbocycles. The lowest BCUT2D eigenvalue weighted by molar-refractivity contribution is -0.143. The molecule has 1 amide bonds. The first kappa shape index (κ1) is 21.1. The molecule has 156 valence electrons. The summed E-state index contributed by atoms with van der Waals surface area (Å²) < 4.78 is 12.0. The van der Waals surface area contributed by atoms with E-state index in [0.29, 0.717) is 19.4 Å². The number of carbonyl (C=O) groups is 1. The molecule has 2 aliphatic rings. The van der Waals surface area contributed by atoms with Gasteiger partial charge in [-0.2, -0.15) is 0 Å². The third-order valence-corrected chi connectivity index (χ3v) is 6.81. The van der Waals surface area contributed by atoms with Crippen molar-refractivity contribution < 1.29 is 14.3 Å². The summed E-state index contributed by atoms with van der Waals surface area (Å²) in [6, 6.07) is 7.99. The van der Waals surface area contributed by atoms with E-state index in [1.165, 1.54) is 25.9 Å². The van der Waals surface area contributed by atoms with Crippen molar-refractivity contribution in [1.29, 1.82) is 0 Å². The Kier molecular flexibility index (Phi) is 7.00. The van der Waals surface area contributed by atoms with Crippen molar-refractivity contribution in [3.63, 3.8) is 0 Å². The molecule has 0 radical (unpaired) electrons. The quantitative estimate of drug-likeness (QED) is 0.656. The van der Waals surface area contributed by atoms with E-state index in [9.17, 15) is 4.79 Å². The van der Waals surface area contributed by atoms with Gasteiger partial charge in [-0.05, 0) is 75.7 Å². The van der Waals surface area contributed by atoms with Crippen molar-refractivity contribution in [2.24, 2.45) is 5.73 Å². The Balaban J connectivity index is 1.63. The van der Waals surface area contributed by atoms with Crippen molar-refractivity contribution in [2.45, 2.75) is 69.8 Å². The summed E-state index contributed by atoms with van der Waals surface area (Å²) in [5, 5.41) is 0. The van der Waals surface area contributed by atoms with Crippen LogP contribution in [0.4, 0.5) is 0 Å². The van der Waals surface area contributed by atoms with E-state index in [1.54, 1.807) is 0 Å². The minimum absolute atomic E-state index is 0.249. The number of benzene rings is 1. The van der Waals surface area contributed by atoms with Crippen LogP contribution in [0.15, 0.2) is 24.3 Å². The average Bonchev–Trinajstić information content (AvgIpc) is 3.25. The van der Waals surface area contributed by atoms with E-state index >= 15 is 0 Å². The molecule has 0 saturated carbocycles. The van der Waals surface area contributed by atoms with Crippen molar-refractivity contribution >= 4 is 5.91 Å². The van der Waals surface area contributed by atoms with Crippen LogP contribution in [-0.2, 0) is 14.9 Å². The zero-order chi connectivity index (χ0) is 20.0. The molecule has 2 aliphatic heterocycles. The normalized spacial score (nSPS) is 24.9. The van der Waals surface area contributed by atoms with Gasteiger partial charge in [-0.15, -0.1) is 0 Å². The highest BCUT2D eigenvalue weighted by atomic mass is 16.5. The number of primary amides is 1. The standard InChI is InChI=1S/C23H36N2O3/c1-3-22(4-2)18-23(21(24)26,12-17-28-22)19-8-10-20(11-9-19)27-16-7-15-25-13-5-6-14-25/h8-11H,3-7,12-18H2,1-2H3,(H2,24,26). The first-order chi connectivity index (χ1) is 13.5. The first-order valence-electron chi connectivity index (χ1n) is 10.9. The number of carbonyl (C=O) groups excluding carboxylic acids is 1. The van der Waals surface area contributed by atoms with Crippen LogP contribution in [-0.4, -0.2) is 49.3 Å². The van der Waals surface area contributed by atoms with Crippen LogP contribution >= 0.6 is 0 Å². The number of hydrogen-bond acceptors (Lipinski definition) is 4. The van der Waals surface area contributed by atoms with Crippen molar-refractivity contribution in [3.8, 4) is 5.75 Å². The maximum Gasteiger partial charge on any atom is 0.228 e. The lowest BCUT2D eigenvalue weighted by Crippen LogP contribution is -2.53. The predicted molar refractivity (Wildman–Crippen MR) is 112 cm³/mol. The van der Waals surface area contributed by atoms with Crippen LogP contribution < -0.4 is 10.5 Å². The fraction of sp³-hybridized carbons (Fsp3) is 0.696. The van der Waals surface area contributed by atoms with Gasteiger partial charge in [0.2, 0.25) is 5.91 Å². The molecule has 2 fully saturated rings. The molecule has 3 rings (SSSR count). The third-order valence-electron chi connectivity index (χ3n) is 6.81. The van der Waals surface area contributed by atoms with Crippen molar-refractivity contribution in [3.05, 3.63) is 29.8 Å². The number of nitrogens with two attached hydrogens (primary N) is 1. The molecular formula is C23H36N2O3. The van der Waals surface area contributed by atoms with E-state index in [1.807, 2.05) is 24.3 Å². The van der Waals surface area contributed by atoms with E-state index in [0.717, 1.165) is 43.7 Å². The number of ether oxygens (including phenoxy) is 2. The Morgan fingerprint density at radius 1 is 1.18 bits per heavy atom. The summed E-state index contributed by atoms with van der Waals surface area (Å²) in [5.74, 6) is 0.607. The second-order valence-electron chi connectivity index (χ2n) is 8.39. The van der Waals surface area contributed by atoms with Gasteiger partial charge in [-0.1, -0.05) is 26.0 Å². The Bertz CT molecular complexity index is 636. The number of amides is 1. The fourth-order valence-corrected chi connectivity index (χ4v) is 4.79. The second kappa shape index (κ2) is 9.27. The highest BCUT2D eigenvalue weighted by Crippen LogP contribution is 2.44.